The third-order valence-corrected chi connectivity index (χ3v) is 12.3. The summed E-state index contributed by atoms with van der Waals surface area (Å²) < 4.78 is 4.80. The van der Waals surface area contributed by atoms with Gasteiger partial charge in [-0.25, -0.2) is 0 Å². The van der Waals surface area contributed by atoms with Gasteiger partial charge in [0, 0.05) is 45.8 Å². The topological polar surface area (TPSA) is 40.5 Å². The summed E-state index contributed by atoms with van der Waals surface area (Å²) in [7, 11) is -1.51. The molecule has 0 saturated carbocycles. The van der Waals surface area contributed by atoms with Crippen LogP contribution in [0.5, 0.6) is 0 Å². The molecule has 53 heavy (non-hydrogen) atoms. The highest BCUT2D eigenvalue weighted by Gasteiger charge is 2.21. The van der Waals surface area contributed by atoms with E-state index in [0.29, 0.717) is 5.46 Å². The highest BCUT2D eigenvalue weighted by atomic mass is 32.1. The lowest BCUT2D eigenvalue weighted by atomic mass is 9.78. The van der Waals surface area contributed by atoms with E-state index in [1.165, 1.54) is 48.0 Å². The molecule has 0 fully saturated rings. The van der Waals surface area contributed by atoms with Gasteiger partial charge in [0.05, 0.1) is 0 Å². The third kappa shape index (κ3) is 6.35. The number of thiophene rings is 2. The zero-order valence-corrected chi connectivity index (χ0v) is 30.3. The van der Waals surface area contributed by atoms with Crippen molar-refractivity contribution in [2.24, 2.45) is 0 Å². The van der Waals surface area contributed by atoms with Gasteiger partial charge >= 0.3 is 7.12 Å². The van der Waals surface area contributed by atoms with Crippen molar-refractivity contribution in [3.63, 3.8) is 0 Å². The molecule has 0 amide bonds. The lowest BCUT2D eigenvalue weighted by molar-refractivity contribution is 0.426. The summed E-state index contributed by atoms with van der Waals surface area (Å²) in [4.78, 5) is 0. The van der Waals surface area contributed by atoms with Gasteiger partial charge < -0.3 is 10.0 Å². The molecule has 0 unspecified atom stereocenters. The SMILES string of the molecule is OB(O)c1cc(-c2ccccc2)cc2c1sc1c(-c3ccccc3)cccc12.c1ccc(-c2ccc3sc4c(-c5ccccc5)cccc4c3c2)cc1. The molecule has 0 bridgehead atoms. The lowest BCUT2D eigenvalue weighted by Crippen LogP contribution is -2.30. The van der Waals surface area contributed by atoms with E-state index in [1.807, 2.05) is 65.9 Å². The van der Waals surface area contributed by atoms with Crippen LogP contribution in [0.15, 0.2) is 188 Å². The number of hydrogen-bond acceptors (Lipinski definition) is 4. The normalized spacial score (nSPS) is 11.2. The molecule has 10 rings (SSSR count). The first kappa shape index (κ1) is 33.0. The van der Waals surface area contributed by atoms with Crippen molar-refractivity contribution >= 4 is 75.6 Å². The smallest absolute Gasteiger partial charge is 0.423 e. The van der Waals surface area contributed by atoms with Crippen molar-refractivity contribution < 1.29 is 10.0 Å². The molecule has 0 atom stereocenters. The van der Waals surface area contributed by atoms with Crippen LogP contribution in [0, 0.1) is 0 Å². The Hall–Kier alpha value is -5.82. The summed E-state index contributed by atoms with van der Waals surface area (Å²) in [6.45, 7) is 0. The monoisotopic (exact) mass is 716 g/mol. The average Bonchev–Trinajstić information content (AvgIpc) is 3.80. The van der Waals surface area contributed by atoms with E-state index in [0.717, 1.165) is 36.9 Å². The maximum Gasteiger partial charge on any atom is 0.489 e. The van der Waals surface area contributed by atoms with Crippen LogP contribution >= 0.6 is 22.7 Å². The van der Waals surface area contributed by atoms with Crippen LogP contribution in [0.25, 0.3) is 84.9 Å². The lowest BCUT2D eigenvalue weighted by Gasteiger charge is -2.07. The van der Waals surface area contributed by atoms with Crippen molar-refractivity contribution in [1.82, 2.24) is 0 Å². The molecule has 2 N–H and O–H groups in total. The molecule has 0 spiro atoms. The molecular formula is C48H33BO2S2. The molecule has 2 heterocycles. The first-order valence-corrected chi connectivity index (χ1v) is 19.3. The van der Waals surface area contributed by atoms with Crippen molar-refractivity contribution in [2.75, 3.05) is 0 Å². The maximum atomic E-state index is 10.1. The van der Waals surface area contributed by atoms with E-state index in [9.17, 15) is 10.0 Å². The second-order valence-corrected chi connectivity index (χ2v) is 15.1. The van der Waals surface area contributed by atoms with Crippen LogP contribution in [-0.2, 0) is 0 Å². The molecule has 0 saturated heterocycles. The second-order valence-electron chi connectivity index (χ2n) is 13.1. The Morgan fingerprint density at radius 3 is 1.34 bits per heavy atom. The van der Waals surface area contributed by atoms with E-state index >= 15 is 0 Å². The summed E-state index contributed by atoms with van der Waals surface area (Å²) in [5.41, 5.74) is 10.1. The average molecular weight is 717 g/mol. The zero-order valence-electron chi connectivity index (χ0n) is 28.7. The molecule has 2 aromatic heterocycles. The van der Waals surface area contributed by atoms with Gasteiger partial charge in [0.1, 0.15) is 0 Å². The van der Waals surface area contributed by atoms with Gasteiger partial charge in [0.2, 0.25) is 0 Å². The minimum Gasteiger partial charge on any atom is -0.423 e. The summed E-state index contributed by atoms with van der Waals surface area (Å²) in [6.07, 6.45) is 0. The quantitative estimate of drug-likeness (QED) is 0.174. The van der Waals surface area contributed by atoms with Crippen LogP contribution in [0.1, 0.15) is 0 Å². The first-order valence-electron chi connectivity index (χ1n) is 17.6. The highest BCUT2D eigenvalue weighted by molar-refractivity contribution is 7.27. The predicted octanol–water partition coefficient (Wildman–Crippen LogP) is 12.5. The predicted molar refractivity (Wildman–Crippen MR) is 230 cm³/mol. The molecule has 10 aromatic rings. The van der Waals surface area contributed by atoms with Crippen molar-refractivity contribution in [1.29, 1.82) is 0 Å². The Kier molecular flexibility index (Phi) is 8.92. The maximum absolute atomic E-state index is 10.1. The van der Waals surface area contributed by atoms with E-state index in [1.54, 1.807) is 11.3 Å². The summed E-state index contributed by atoms with van der Waals surface area (Å²) in [6, 6.07) is 65.4. The number of hydrogen-bond donors (Lipinski definition) is 2. The van der Waals surface area contributed by atoms with Crippen molar-refractivity contribution in [3.05, 3.63) is 188 Å². The largest absolute Gasteiger partial charge is 0.489 e. The Morgan fingerprint density at radius 2 is 0.792 bits per heavy atom. The Balaban J connectivity index is 0.000000141. The number of fused-ring (bicyclic) bond motifs is 6. The number of benzene rings is 8. The van der Waals surface area contributed by atoms with Crippen LogP contribution in [0.4, 0.5) is 0 Å². The Labute approximate surface area is 316 Å². The minimum atomic E-state index is -1.51. The van der Waals surface area contributed by atoms with Gasteiger partial charge in [-0.05, 0) is 62.7 Å². The fraction of sp³-hybridized carbons (Fsp3) is 0. The van der Waals surface area contributed by atoms with Crippen LogP contribution in [-0.4, -0.2) is 17.2 Å². The fourth-order valence-electron chi connectivity index (χ4n) is 7.21. The molecule has 0 aliphatic carbocycles. The van der Waals surface area contributed by atoms with E-state index in [-0.39, 0.29) is 0 Å². The van der Waals surface area contributed by atoms with Gasteiger partial charge in [-0.1, -0.05) is 170 Å². The second kappa shape index (κ2) is 14.3. The molecule has 5 heteroatoms. The number of rotatable bonds is 5. The molecule has 0 aliphatic rings. The highest BCUT2D eigenvalue weighted by Crippen LogP contribution is 2.42. The van der Waals surface area contributed by atoms with E-state index < -0.39 is 7.12 Å². The van der Waals surface area contributed by atoms with E-state index in [2.05, 4.69) is 133 Å². The zero-order chi connectivity index (χ0) is 35.7. The molecule has 2 nitrogen and oxygen atoms in total. The first-order chi connectivity index (χ1) is 26.1. The Bertz CT molecular complexity index is 2850. The molecule has 252 valence electrons. The van der Waals surface area contributed by atoms with Gasteiger partial charge in [-0.3, -0.25) is 0 Å². The standard InChI is InChI=1S/C24H17BO2S.C24H16S/c26-25(27)22-15-18(16-8-3-1-4-9-16)14-21-20-13-7-12-19(23(20)28-24(21)22)17-10-5-2-6-11-17;1-3-8-17(9-4-1)19-14-15-23-22(16-19)21-13-7-12-20(24(21)25-23)18-10-5-2-6-11-18/h1-15,26-27H;1-16H. The van der Waals surface area contributed by atoms with Gasteiger partial charge in [0.15, 0.2) is 0 Å². The molecule has 0 radical (unpaired) electrons. The molecule has 8 aromatic carbocycles. The van der Waals surface area contributed by atoms with E-state index in [4.69, 9.17) is 0 Å². The third-order valence-electron chi connectivity index (χ3n) is 9.79. The van der Waals surface area contributed by atoms with Gasteiger partial charge in [-0.2, -0.15) is 0 Å². The Morgan fingerprint density at radius 1 is 0.321 bits per heavy atom. The van der Waals surface area contributed by atoms with Crippen molar-refractivity contribution in [3.8, 4) is 44.5 Å². The van der Waals surface area contributed by atoms with Gasteiger partial charge in [0.25, 0.3) is 0 Å². The minimum absolute atomic E-state index is 0.552. The molecule has 0 aliphatic heterocycles. The van der Waals surface area contributed by atoms with Gasteiger partial charge in [-0.15, -0.1) is 22.7 Å². The van der Waals surface area contributed by atoms with Crippen LogP contribution < -0.4 is 5.46 Å². The summed E-state index contributed by atoms with van der Waals surface area (Å²) >= 11 is 3.51. The van der Waals surface area contributed by atoms with Crippen LogP contribution in [0.2, 0.25) is 0 Å². The van der Waals surface area contributed by atoms with Crippen LogP contribution in [0.3, 0.4) is 0 Å². The summed E-state index contributed by atoms with van der Waals surface area (Å²) in [5, 5.41) is 25.0. The van der Waals surface area contributed by atoms with Crippen molar-refractivity contribution in [2.45, 2.75) is 0 Å². The summed E-state index contributed by atoms with van der Waals surface area (Å²) in [5.74, 6) is 0. The molecular weight excluding hydrogens is 683 g/mol. The fourth-order valence-corrected chi connectivity index (χ4v) is 9.78.